The van der Waals surface area contributed by atoms with Crippen LogP contribution in [0.4, 0.5) is 5.69 Å². The van der Waals surface area contributed by atoms with Gasteiger partial charge in [-0.15, -0.1) is 0 Å². The minimum absolute atomic E-state index is 0.299. The van der Waals surface area contributed by atoms with E-state index in [4.69, 9.17) is 5.73 Å². The Labute approximate surface area is 72.8 Å². The summed E-state index contributed by atoms with van der Waals surface area (Å²) in [6, 6.07) is 0.299. The lowest BCUT2D eigenvalue weighted by molar-refractivity contribution is 0.756. The molecular weight excluding hydrogens is 152 g/mol. The summed E-state index contributed by atoms with van der Waals surface area (Å²) in [4.78, 5) is 0. The van der Waals surface area contributed by atoms with E-state index in [1.165, 1.54) is 0 Å². The molecule has 0 saturated carbocycles. The SMILES string of the molecule is Cc1nn(C)cc1NC(C)CN. The van der Waals surface area contributed by atoms with Gasteiger partial charge in [0, 0.05) is 25.8 Å². The molecule has 4 nitrogen and oxygen atoms in total. The lowest BCUT2D eigenvalue weighted by Crippen LogP contribution is -2.25. The smallest absolute Gasteiger partial charge is 0.0825 e. The Morgan fingerprint density at radius 1 is 1.75 bits per heavy atom. The molecule has 0 amide bonds. The summed E-state index contributed by atoms with van der Waals surface area (Å²) in [5, 5.41) is 7.48. The van der Waals surface area contributed by atoms with Crippen molar-refractivity contribution in [2.24, 2.45) is 12.8 Å². The average Bonchev–Trinajstić information content (AvgIpc) is 2.30. The number of nitrogens with one attached hydrogen (secondary N) is 1. The molecule has 68 valence electrons. The Morgan fingerprint density at radius 3 is 2.83 bits per heavy atom. The maximum Gasteiger partial charge on any atom is 0.0825 e. The van der Waals surface area contributed by atoms with Crippen molar-refractivity contribution in [3.8, 4) is 0 Å². The van der Waals surface area contributed by atoms with E-state index in [-0.39, 0.29) is 0 Å². The van der Waals surface area contributed by atoms with Gasteiger partial charge in [-0.1, -0.05) is 0 Å². The quantitative estimate of drug-likeness (QED) is 0.690. The molecule has 1 atom stereocenters. The van der Waals surface area contributed by atoms with Crippen LogP contribution in [0, 0.1) is 6.92 Å². The monoisotopic (exact) mass is 168 g/mol. The summed E-state index contributed by atoms with van der Waals surface area (Å²) in [7, 11) is 1.91. The van der Waals surface area contributed by atoms with Crippen LogP contribution in [-0.2, 0) is 7.05 Å². The van der Waals surface area contributed by atoms with Gasteiger partial charge in [0.2, 0.25) is 0 Å². The maximum atomic E-state index is 5.49. The van der Waals surface area contributed by atoms with E-state index < -0.39 is 0 Å². The van der Waals surface area contributed by atoms with Gasteiger partial charge in [-0.2, -0.15) is 5.10 Å². The molecule has 0 fully saturated rings. The second-order valence-electron chi connectivity index (χ2n) is 3.08. The molecule has 0 aromatic carbocycles. The van der Waals surface area contributed by atoms with Crippen molar-refractivity contribution >= 4 is 5.69 Å². The Kier molecular flexibility index (Phi) is 2.70. The van der Waals surface area contributed by atoms with Crippen LogP contribution in [-0.4, -0.2) is 22.4 Å². The molecule has 0 bridgehead atoms. The third-order valence-electron chi connectivity index (χ3n) is 1.77. The van der Waals surface area contributed by atoms with Crippen LogP contribution in [0.5, 0.6) is 0 Å². The topological polar surface area (TPSA) is 55.9 Å². The van der Waals surface area contributed by atoms with E-state index in [1.54, 1.807) is 4.68 Å². The number of aryl methyl sites for hydroxylation is 2. The van der Waals surface area contributed by atoms with Gasteiger partial charge in [0.15, 0.2) is 0 Å². The summed E-state index contributed by atoms with van der Waals surface area (Å²) in [5.74, 6) is 0. The van der Waals surface area contributed by atoms with Gasteiger partial charge in [-0.25, -0.2) is 0 Å². The molecule has 0 aliphatic rings. The van der Waals surface area contributed by atoms with Gasteiger partial charge in [0.05, 0.1) is 11.4 Å². The van der Waals surface area contributed by atoms with Crippen molar-refractivity contribution in [2.45, 2.75) is 19.9 Å². The molecule has 0 saturated heterocycles. The zero-order valence-corrected chi connectivity index (χ0v) is 7.83. The lowest BCUT2D eigenvalue weighted by Gasteiger charge is -2.10. The highest BCUT2D eigenvalue weighted by atomic mass is 15.3. The van der Waals surface area contributed by atoms with E-state index in [0.717, 1.165) is 11.4 Å². The standard InChI is InChI=1S/C8H16N4/c1-6(4-9)10-8-5-12(3)11-7(8)2/h5-6,10H,4,9H2,1-3H3. The molecule has 1 aromatic heterocycles. The van der Waals surface area contributed by atoms with Crippen molar-refractivity contribution < 1.29 is 0 Å². The molecule has 1 unspecified atom stereocenters. The van der Waals surface area contributed by atoms with Gasteiger partial charge >= 0.3 is 0 Å². The van der Waals surface area contributed by atoms with Crippen molar-refractivity contribution in [3.63, 3.8) is 0 Å². The van der Waals surface area contributed by atoms with Crippen molar-refractivity contribution in [1.82, 2.24) is 9.78 Å². The largest absolute Gasteiger partial charge is 0.379 e. The third kappa shape index (κ3) is 1.98. The molecule has 0 spiro atoms. The van der Waals surface area contributed by atoms with Crippen LogP contribution in [0.3, 0.4) is 0 Å². The minimum atomic E-state index is 0.299. The highest BCUT2D eigenvalue weighted by Crippen LogP contribution is 2.11. The van der Waals surface area contributed by atoms with Gasteiger partial charge in [-0.05, 0) is 13.8 Å². The fraction of sp³-hybridized carbons (Fsp3) is 0.625. The zero-order valence-electron chi connectivity index (χ0n) is 7.83. The van der Waals surface area contributed by atoms with Crippen molar-refractivity contribution in [3.05, 3.63) is 11.9 Å². The predicted molar refractivity (Wildman–Crippen MR) is 50.1 cm³/mol. The first-order valence-corrected chi connectivity index (χ1v) is 4.10. The van der Waals surface area contributed by atoms with Crippen LogP contribution in [0.1, 0.15) is 12.6 Å². The Hall–Kier alpha value is -1.03. The first kappa shape index (κ1) is 9.06. The molecular formula is C8H16N4. The molecule has 4 heteroatoms. The van der Waals surface area contributed by atoms with Crippen molar-refractivity contribution in [1.29, 1.82) is 0 Å². The van der Waals surface area contributed by atoms with E-state index in [9.17, 15) is 0 Å². The maximum absolute atomic E-state index is 5.49. The van der Waals surface area contributed by atoms with Gasteiger partial charge in [0.25, 0.3) is 0 Å². The predicted octanol–water partition coefficient (Wildman–Crippen LogP) is 0.488. The van der Waals surface area contributed by atoms with Crippen LogP contribution in [0.2, 0.25) is 0 Å². The number of hydrogen-bond acceptors (Lipinski definition) is 3. The number of hydrogen-bond donors (Lipinski definition) is 2. The molecule has 1 heterocycles. The highest BCUT2D eigenvalue weighted by Gasteiger charge is 2.04. The fourth-order valence-electron chi connectivity index (χ4n) is 1.07. The summed E-state index contributed by atoms with van der Waals surface area (Å²) in [6.45, 7) is 4.66. The zero-order chi connectivity index (χ0) is 9.14. The molecule has 1 aromatic rings. The Morgan fingerprint density at radius 2 is 2.42 bits per heavy atom. The number of nitrogens with two attached hydrogens (primary N) is 1. The minimum Gasteiger partial charge on any atom is -0.379 e. The van der Waals surface area contributed by atoms with E-state index in [1.807, 2.05) is 27.1 Å². The van der Waals surface area contributed by atoms with Gasteiger partial charge in [0.1, 0.15) is 0 Å². The summed E-state index contributed by atoms with van der Waals surface area (Å²) in [5.41, 5.74) is 7.56. The number of aromatic nitrogens is 2. The molecule has 3 N–H and O–H groups in total. The number of nitrogens with zero attached hydrogens (tertiary/aromatic N) is 2. The van der Waals surface area contributed by atoms with Crippen LogP contribution < -0.4 is 11.1 Å². The van der Waals surface area contributed by atoms with Gasteiger partial charge in [-0.3, -0.25) is 4.68 Å². The van der Waals surface area contributed by atoms with E-state index in [2.05, 4.69) is 10.4 Å². The first-order valence-electron chi connectivity index (χ1n) is 4.10. The van der Waals surface area contributed by atoms with Gasteiger partial charge < -0.3 is 11.1 Å². The van der Waals surface area contributed by atoms with Crippen molar-refractivity contribution in [2.75, 3.05) is 11.9 Å². The van der Waals surface area contributed by atoms with E-state index >= 15 is 0 Å². The Balaban J connectivity index is 2.68. The lowest BCUT2D eigenvalue weighted by atomic mass is 10.3. The average molecular weight is 168 g/mol. The second kappa shape index (κ2) is 3.58. The normalized spacial score (nSPS) is 13.0. The fourth-order valence-corrected chi connectivity index (χ4v) is 1.07. The Bertz CT molecular complexity index is 254. The van der Waals surface area contributed by atoms with Crippen LogP contribution >= 0.6 is 0 Å². The molecule has 12 heavy (non-hydrogen) atoms. The van der Waals surface area contributed by atoms with Crippen LogP contribution in [0.25, 0.3) is 0 Å². The summed E-state index contributed by atoms with van der Waals surface area (Å²) < 4.78 is 1.79. The number of rotatable bonds is 3. The molecule has 1 rings (SSSR count). The molecule has 0 radical (unpaired) electrons. The summed E-state index contributed by atoms with van der Waals surface area (Å²) in [6.07, 6.45) is 1.96. The molecule has 0 aliphatic heterocycles. The molecule has 0 aliphatic carbocycles. The third-order valence-corrected chi connectivity index (χ3v) is 1.77. The highest BCUT2D eigenvalue weighted by molar-refractivity contribution is 5.46. The number of anilines is 1. The second-order valence-corrected chi connectivity index (χ2v) is 3.08. The summed E-state index contributed by atoms with van der Waals surface area (Å²) >= 11 is 0. The first-order chi connectivity index (χ1) is 5.63. The van der Waals surface area contributed by atoms with Crippen LogP contribution in [0.15, 0.2) is 6.20 Å². The van der Waals surface area contributed by atoms with E-state index in [0.29, 0.717) is 12.6 Å².